The number of rotatable bonds is 7. The minimum absolute atomic E-state index is 0.187. The molecule has 140 valence electrons. The summed E-state index contributed by atoms with van der Waals surface area (Å²) in [6, 6.07) is 6.47. The Bertz CT molecular complexity index is 714. The van der Waals surface area contributed by atoms with Gasteiger partial charge in [-0.25, -0.2) is 9.69 Å². The third kappa shape index (κ3) is 3.66. The number of hydrogen-bond acceptors (Lipinski definition) is 4. The first-order valence-electron chi connectivity index (χ1n) is 8.93. The molecule has 7 nitrogen and oxygen atoms in total. The van der Waals surface area contributed by atoms with Crippen LogP contribution in [0.25, 0.3) is 0 Å². The fourth-order valence-corrected chi connectivity index (χ4v) is 3.08. The Kier molecular flexibility index (Phi) is 4.89. The highest BCUT2D eigenvalue weighted by Gasteiger charge is 2.50. The van der Waals surface area contributed by atoms with E-state index < -0.39 is 17.6 Å². The molecule has 0 unspecified atom stereocenters. The van der Waals surface area contributed by atoms with E-state index in [2.05, 4.69) is 10.6 Å². The van der Waals surface area contributed by atoms with Crippen LogP contribution < -0.4 is 15.4 Å². The van der Waals surface area contributed by atoms with Gasteiger partial charge in [0.25, 0.3) is 5.91 Å². The fourth-order valence-electron chi connectivity index (χ4n) is 3.08. The largest absolute Gasteiger partial charge is 0.497 e. The van der Waals surface area contributed by atoms with Crippen LogP contribution in [0.2, 0.25) is 0 Å². The second kappa shape index (κ2) is 6.97. The molecule has 2 aliphatic rings. The van der Waals surface area contributed by atoms with Crippen molar-refractivity contribution >= 4 is 17.8 Å². The highest BCUT2D eigenvalue weighted by molar-refractivity contribution is 6.09. The van der Waals surface area contributed by atoms with Crippen LogP contribution in [0.4, 0.5) is 4.79 Å². The molecule has 1 heterocycles. The van der Waals surface area contributed by atoms with E-state index >= 15 is 0 Å². The lowest BCUT2D eigenvalue weighted by atomic mass is 9.93. The fraction of sp³-hybridized carbons (Fsp3) is 0.526. The van der Waals surface area contributed by atoms with Crippen molar-refractivity contribution in [2.75, 3.05) is 7.11 Å². The molecule has 2 atom stereocenters. The van der Waals surface area contributed by atoms with Gasteiger partial charge in [0.05, 0.1) is 7.11 Å². The van der Waals surface area contributed by atoms with Gasteiger partial charge in [-0.15, -0.1) is 0 Å². The number of hydrogen-bond donors (Lipinski definition) is 2. The Morgan fingerprint density at radius 3 is 2.58 bits per heavy atom. The van der Waals surface area contributed by atoms with Crippen molar-refractivity contribution in [2.24, 2.45) is 0 Å². The van der Waals surface area contributed by atoms with E-state index in [1.807, 2.05) is 24.3 Å². The molecule has 2 fully saturated rings. The summed E-state index contributed by atoms with van der Waals surface area (Å²) in [6.45, 7) is 3.30. The van der Waals surface area contributed by atoms with Crippen LogP contribution >= 0.6 is 0 Å². The molecule has 1 saturated carbocycles. The number of methoxy groups -OCH3 is 1. The van der Waals surface area contributed by atoms with Crippen molar-refractivity contribution in [1.29, 1.82) is 0 Å². The summed E-state index contributed by atoms with van der Waals surface area (Å²) < 4.78 is 5.14. The molecule has 3 rings (SSSR count). The standard InChI is InChI=1S/C19H25N3O4/c1-12(16(23)20-14-6-7-14)22-17(24)19(2,21-18(22)25)11-10-13-4-8-15(26-3)9-5-13/h4-5,8-9,12,14H,6-7,10-11H2,1-3H3,(H,20,23)(H,21,25)/t12-,19+/m1/s1. The highest BCUT2D eigenvalue weighted by atomic mass is 16.5. The molecule has 1 aromatic carbocycles. The third-order valence-electron chi connectivity index (χ3n) is 5.06. The van der Waals surface area contributed by atoms with Gasteiger partial charge in [-0.2, -0.15) is 0 Å². The lowest BCUT2D eigenvalue weighted by Gasteiger charge is -2.24. The van der Waals surface area contributed by atoms with Gasteiger partial charge in [0.2, 0.25) is 5.91 Å². The summed E-state index contributed by atoms with van der Waals surface area (Å²) in [6.07, 6.45) is 3.00. The van der Waals surface area contributed by atoms with E-state index in [1.165, 1.54) is 0 Å². The summed E-state index contributed by atoms with van der Waals surface area (Å²) in [4.78, 5) is 38.5. The van der Waals surface area contributed by atoms with Crippen LogP contribution in [0.5, 0.6) is 5.75 Å². The Hall–Kier alpha value is -2.57. The first-order valence-corrected chi connectivity index (χ1v) is 8.93. The summed E-state index contributed by atoms with van der Waals surface area (Å²) in [5.41, 5.74) is 0.0394. The maximum Gasteiger partial charge on any atom is 0.325 e. The topological polar surface area (TPSA) is 87.7 Å². The van der Waals surface area contributed by atoms with Crippen molar-refractivity contribution in [3.05, 3.63) is 29.8 Å². The normalized spacial score (nSPS) is 23.6. The highest BCUT2D eigenvalue weighted by Crippen LogP contribution is 2.26. The minimum Gasteiger partial charge on any atom is -0.497 e. The van der Waals surface area contributed by atoms with Crippen molar-refractivity contribution in [3.8, 4) is 5.75 Å². The lowest BCUT2D eigenvalue weighted by Crippen LogP contribution is -2.50. The molecule has 1 saturated heterocycles. The average molecular weight is 359 g/mol. The maximum absolute atomic E-state index is 12.8. The van der Waals surface area contributed by atoms with Crippen LogP contribution in [0.1, 0.15) is 38.7 Å². The van der Waals surface area contributed by atoms with E-state index in [9.17, 15) is 14.4 Å². The van der Waals surface area contributed by atoms with Crippen molar-refractivity contribution in [3.63, 3.8) is 0 Å². The predicted molar refractivity (Wildman–Crippen MR) is 95.7 cm³/mol. The van der Waals surface area contributed by atoms with Crippen molar-refractivity contribution in [1.82, 2.24) is 15.5 Å². The predicted octanol–water partition coefficient (Wildman–Crippen LogP) is 1.61. The summed E-state index contributed by atoms with van der Waals surface area (Å²) >= 11 is 0. The molecular formula is C19H25N3O4. The zero-order valence-electron chi connectivity index (χ0n) is 15.4. The van der Waals surface area contributed by atoms with E-state index in [0.717, 1.165) is 29.1 Å². The average Bonchev–Trinajstić information content (AvgIpc) is 3.40. The van der Waals surface area contributed by atoms with Gasteiger partial charge in [0.1, 0.15) is 17.3 Å². The van der Waals surface area contributed by atoms with E-state index in [4.69, 9.17) is 4.74 Å². The molecule has 1 aromatic rings. The maximum atomic E-state index is 12.8. The Morgan fingerprint density at radius 1 is 1.35 bits per heavy atom. The zero-order chi connectivity index (χ0) is 18.9. The van der Waals surface area contributed by atoms with Crippen LogP contribution in [-0.4, -0.2) is 47.5 Å². The smallest absolute Gasteiger partial charge is 0.325 e. The summed E-state index contributed by atoms with van der Waals surface area (Å²) in [5, 5.41) is 5.60. The van der Waals surface area contributed by atoms with Gasteiger partial charge in [0, 0.05) is 6.04 Å². The molecule has 2 N–H and O–H groups in total. The number of amides is 4. The number of urea groups is 1. The van der Waals surface area contributed by atoms with Gasteiger partial charge in [-0.3, -0.25) is 9.59 Å². The zero-order valence-corrected chi connectivity index (χ0v) is 15.4. The summed E-state index contributed by atoms with van der Waals surface area (Å²) in [7, 11) is 1.61. The number of aryl methyl sites for hydroxylation is 1. The molecular weight excluding hydrogens is 334 g/mol. The van der Waals surface area contributed by atoms with Crippen LogP contribution in [0.3, 0.4) is 0 Å². The molecule has 0 spiro atoms. The molecule has 4 amide bonds. The monoisotopic (exact) mass is 359 g/mol. The Labute approximate surface area is 153 Å². The first-order chi connectivity index (χ1) is 12.3. The van der Waals surface area contributed by atoms with Gasteiger partial charge >= 0.3 is 6.03 Å². The van der Waals surface area contributed by atoms with Crippen LogP contribution in [-0.2, 0) is 16.0 Å². The van der Waals surface area contributed by atoms with E-state index in [1.54, 1.807) is 21.0 Å². The third-order valence-corrected chi connectivity index (χ3v) is 5.06. The van der Waals surface area contributed by atoms with Crippen molar-refractivity contribution in [2.45, 2.75) is 57.2 Å². The Balaban J connectivity index is 1.64. The molecule has 0 aromatic heterocycles. The molecule has 1 aliphatic carbocycles. The number of carbonyl (C=O) groups excluding carboxylic acids is 3. The number of benzene rings is 1. The number of nitrogens with one attached hydrogen (secondary N) is 2. The number of carbonyl (C=O) groups is 3. The number of imide groups is 1. The van der Waals surface area contributed by atoms with Crippen LogP contribution in [0.15, 0.2) is 24.3 Å². The minimum atomic E-state index is -1.01. The Morgan fingerprint density at radius 2 is 2.00 bits per heavy atom. The van der Waals surface area contributed by atoms with E-state index in [0.29, 0.717) is 12.8 Å². The number of nitrogens with zero attached hydrogens (tertiary/aromatic N) is 1. The molecule has 7 heteroatoms. The summed E-state index contributed by atoms with van der Waals surface area (Å²) in [5.74, 6) is 0.136. The second-order valence-corrected chi connectivity index (χ2v) is 7.24. The van der Waals surface area contributed by atoms with Gasteiger partial charge < -0.3 is 15.4 Å². The van der Waals surface area contributed by atoms with Crippen molar-refractivity contribution < 1.29 is 19.1 Å². The molecule has 1 aliphatic heterocycles. The first kappa shape index (κ1) is 18.2. The quantitative estimate of drug-likeness (QED) is 0.724. The molecule has 26 heavy (non-hydrogen) atoms. The lowest BCUT2D eigenvalue weighted by molar-refractivity contribution is -0.137. The molecule has 0 radical (unpaired) electrons. The van der Waals surface area contributed by atoms with Gasteiger partial charge in [-0.05, 0) is 57.2 Å². The van der Waals surface area contributed by atoms with Gasteiger partial charge in [-0.1, -0.05) is 12.1 Å². The number of ether oxygens (including phenoxy) is 1. The van der Waals surface area contributed by atoms with Gasteiger partial charge in [0.15, 0.2) is 0 Å². The SMILES string of the molecule is COc1ccc(CC[C@]2(C)NC(=O)N([C@H](C)C(=O)NC3CC3)C2=O)cc1. The van der Waals surface area contributed by atoms with Crippen LogP contribution in [0, 0.1) is 0 Å². The van der Waals surface area contributed by atoms with E-state index in [-0.39, 0.29) is 17.9 Å². The molecule has 0 bridgehead atoms. The second-order valence-electron chi connectivity index (χ2n) is 7.24.